The number of pyridine rings is 1. The second-order valence-corrected chi connectivity index (χ2v) is 10.9. The highest BCUT2D eigenvalue weighted by Gasteiger charge is 2.34. The zero-order chi connectivity index (χ0) is 28.4. The summed E-state index contributed by atoms with van der Waals surface area (Å²) in [7, 11) is -4.52. The molecule has 14 heteroatoms. The fourth-order valence-corrected chi connectivity index (χ4v) is 5.66. The molecule has 1 N–H and O–H groups in total. The van der Waals surface area contributed by atoms with E-state index in [4.69, 9.17) is 25.7 Å². The number of nitriles is 1. The number of piperidine rings is 1. The lowest BCUT2D eigenvalue weighted by Crippen LogP contribution is -2.47. The number of hydrogen-bond acceptors (Lipinski definition) is 8. The van der Waals surface area contributed by atoms with Crippen molar-refractivity contribution in [1.82, 2.24) is 19.1 Å². The van der Waals surface area contributed by atoms with E-state index in [0.29, 0.717) is 23.8 Å². The van der Waals surface area contributed by atoms with Crippen LogP contribution in [0.15, 0.2) is 29.3 Å². The van der Waals surface area contributed by atoms with Gasteiger partial charge < -0.3 is 10.1 Å². The highest BCUT2D eigenvalue weighted by atomic mass is 35.5. The fourth-order valence-electron chi connectivity index (χ4n) is 4.18. The Morgan fingerprint density at radius 1 is 1.42 bits per heavy atom. The molecule has 2 aromatic rings. The summed E-state index contributed by atoms with van der Waals surface area (Å²) in [6, 6.07) is 3.73. The molecule has 0 radical (unpaired) electrons. The van der Waals surface area contributed by atoms with Crippen LogP contribution in [0.1, 0.15) is 41.5 Å². The lowest BCUT2D eigenvalue weighted by molar-refractivity contribution is -0.0234. The predicted octanol–water partition coefficient (Wildman–Crippen LogP) is 2.11. The second kappa shape index (κ2) is 10.7. The molecule has 2 fully saturated rings. The lowest BCUT2D eigenvalue weighted by atomic mass is 9.99. The molecular formula is C22H27ClFN7O4S. The van der Waals surface area contributed by atoms with Crippen LogP contribution in [0.25, 0.3) is 0 Å². The van der Waals surface area contributed by atoms with Crippen LogP contribution in [-0.4, -0.2) is 73.0 Å². The molecule has 0 aliphatic carbocycles. The van der Waals surface area contributed by atoms with Crippen molar-refractivity contribution < 1.29 is 21.7 Å². The number of aromatic nitrogens is 3. The number of anilines is 2. The van der Waals surface area contributed by atoms with Crippen LogP contribution in [-0.2, 0) is 14.9 Å². The van der Waals surface area contributed by atoms with E-state index in [-0.39, 0.29) is 61.2 Å². The van der Waals surface area contributed by atoms with Crippen molar-refractivity contribution >= 4 is 33.2 Å². The maximum absolute atomic E-state index is 14.8. The first kappa shape index (κ1) is 22.4. The van der Waals surface area contributed by atoms with Crippen molar-refractivity contribution in [2.75, 3.05) is 49.4 Å². The third kappa shape index (κ3) is 5.46. The van der Waals surface area contributed by atoms with Crippen molar-refractivity contribution in [3.05, 3.63) is 45.6 Å². The Bertz CT molecular complexity index is 1390. The van der Waals surface area contributed by atoms with Crippen LogP contribution >= 0.6 is 11.6 Å². The molecule has 36 heavy (non-hydrogen) atoms. The second-order valence-electron chi connectivity index (χ2n) is 8.70. The van der Waals surface area contributed by atoms with E-state index in [0.717, 1.165) is 10.5 Å². The van der Waals surface area contributed by atoms with E-state index in [1.807, 2.05) is 0 Å². The van der Waals surface area contributed by atoms with Gasteiger partial charge in [-0.1, -0.05) is 11.6 Å². The van der Waals surface area contributed by atoms with E-state index in [9.17, 15) is 17.6 Å². The smallest absolute Gasteiger partial charge is 0.303 e. The van der Waals surface area contributed by atoms with Crippen molar-refractivity contribution in [1.29, 1.82) is 5.26 Å². The molecule has 0 spiro atoms. The molecule has 11 nitrogen and oxygen atoms in total. The van der Waals surface area contributed by atoms with Gasteiger partial charge in [0.15, 0.2) is 5.67 Å². The Morgan fingerprint density at radius 2 is 2.19 bits per heavy atom. The van der Waals surface area contributed by atoms with E-state index < -0.39 is 34.5 Å². The van der Waals surface area contributed by atoms with Gasteiger partial charge in [-0.15, -0.1) is 0 Å². The first-order valence-electron chi connectivity index (χ1n) is 12.8. The van der Waals surface area contributed by atoms with E-state index in [1.165, 1.54) is 23.0 Å². The van der Waals surface area contributed by atoms with Gasteiger partial charge in [0, 0.05) is 30.8 Å². The normalized spacial score (nSPS) is 23.2. The van der Waals surface area contributed by atoms with E-state index >= 15 is 0 Å². The number of hydrogen-bond donors (Lipinski definition) is 1. The highest BCUT2D eigenvalue weighted by molar-refractivity contribution is 7.90. The molecular weight excluding hydrogens is 513 g/mol. The Hall–Kier alpha value is -2.79. The number of nitrogens with zero attached hydrogens (tertiary/aromatic N) is 6. The fraction of sp³-hybridized carbons (Fsp3) is 0.545. The molecule has 2 aliphatic rings. The van der Waals surface area contributed by atoms with Gasteiger partial charge >= 0.3 is 10.2 Å². The quantitative estimate of drug-likeness (QED) is 0.562. The maximum Gasteiger partial charge on any atom is 0.303 e. The summed E-state index contributed by atoms with van der Waals surface area (Å²) < 4.78 is 72.7. The van der Waals surface area contributed by atoms with Gasteiger partial charge in [-0.05, 0) is 37.8 Å². The standard InChI is InChI=1S/C22H27ClFN7O4S/c1-29(18-4-3-16(11-25)26-12-18)36(33,34)30-8-5-17(6-9-30)31-21(32)20(23)19(13-28-31)27-14-22(24)7-2-10-35-15-22/h3-4,12-13,17,27H,2,5-10,14-15H2,1H3/t22-/m0/s1/i1D3. The predicted molar refractivity (Wildman–Crippen MR) is 132 cm³/mol. The average molecular weight is 543 g/mol. The van der Waals surface area contributed by atoms with Gasteiger partial charge in [0.05, 0.1) is 43.0 Å². The molecule has 2 aromatic heterocycles. The monoisotopic (exact) mass is 542 g/mol. The summed E-state index contributed by atoms with van der Waals surface area (Å²) in [6.07, 6.45) is 3.59. The first-order chi connectivity index (χ1) is 18.4. The summed E-state index contributed by atoms with van der Waals surface area (Å²) in [6.45, 7) is -2.86. The Labute approximate surface area is 217 Å². The number of alkyl halides is 1. The maximum atomic E-state index is 14.8. The molecule has 2 aliphatic heterocycles. The zero-order valence-corrected chi connectivity index (χ0v) is 20.8. The minimum absolute atomic E-state index is 0.00692. The van der Waals surface area contributed by atoms with Gasteiger partial charge in [0.25, 0.3) is 5.56 Å². The number of halogens is 2. The van der Waals surface area contributed by atoms with Gasteiger partial charge in [0.1, 0.15) is 16.8 Å². The third-order valence-electron chi connectivity index (χ3n) is 6.24. The SMILES string of the molecule is [2H]C([2H])([2H])N(c1ccc(C#N)nc1)S(=O)(=O)N1CCC(n2ncc(NC[C@@]3(F)CCCOC3)c(Cl)c2=O)CC1. The Morgan fingerprint density at radius 3 is 2.81 bits per heavy atom. The highest BCUT2D eigenvalue weighted by Crippen LogP contribution is 2.28. The van der Waals surface area contributed by atoms with Crippen LogP contribution in [0.2, 0.25) is 5.02 Å². The summed E-state index contributed by atoms with van der Waals surface area (Å²) in [4.78, 5) is 16.7. The van der Waals surface area contributed by atoms with Crippen molar-refractivity contribution in [3.63, 3.8) is 0 Å². The molecule has 0 saturated carbocycles. The third-order valence-corrected chi connectivity index (χ3v) is 8.29. The largest absolute Gasteiger partial charge is 0.379 e. The minimum Gasteiger partial charge on any atom is -0.379 e. The van der Waals surface area contributed by atoms with Gasteiger partial charge in [-0.3, -0.25) is 9.10 Å². The van der Waals surface area contributed by atoms with Gasteiger partial charge in [0.2, 0.25) is 0 Å². The Kier molecular flexibility index (Phi) is 6.65. The molecule has 0 bridgehead atoms. The van der Waals surface area contributed by atoms with Crippen LogP contribution in [0.4, 0.5) is 15.8 Å². The molecule has 0 unspecified atom stereocenters. The van der Waals surface area contributed by atoms with Gasteiger partial charge in [-0.25, -0.2) is 14.1 Å². The van der Waals surface area contributed by atoms with Crippen LogP contribution in [0.3, 0.4) is 0 Å². The van der Waals surface area contributed by atoms with Crippen molar-refractivity contribution in [2.45, 2.75) is 37.4 Å². The van der Waals surface area contributed by atoms with Crippen molar-refractivity contribution in [3.8, 4) is 6.07 Å². The molecule has 4 heterocycles. The topological polar surface area (TPSA) is 133 Å². The molecule has 2 saturated heterocycles. The lowest BCUT2D eigenvalue weighted by Gasteiger charge is -2.34. The van der Waals surface area contributed by atoms with Crippen molar-refractivity contribution in [2.24, 2.45) is 0 Å². The summed E-state index contributed by atoms with van der Waals surface area (Å²) in [5, 5.41) is 15.8. The minimum atomic E-state index is -4.52. The molecule has 0 amide bonds. The van der Waals surface area contributed by atoms with E-state index in [1.54, 1.807) is 6.07 Å². The first-order valence-corrected chi connectivity index (χ1v) is 13.1. The summed E-state index contributed by atoms with van der Waals surface area (Å²) in [5.74, 6) is 0. The average Bonchev–Trinajstić information content (AvgIpc) is 2.89. The summed E-state index contributed by atoms with van der Waals surface area (Å²) in [5.41, 5.74) is -2.20. The van der Waals surface area contributed by atoms with Gasteiger partial charge in [-0.2, -0.15) is 23.1 Å². The number of nitrogens with one attached hydrogen (secondary N) is 1. The molecule has 0 aromatic carbocycles. The van der Waals surface area contributed by atoms with E-state index in [2.05, 4.69) is 15.4 Å². The number of rotatable bonds is 7. The number of ether oxygens (including phenoxy) is 1. The molecule has 4 rings (SSSR count). The van der Waals surface area contributed by atoms with Crippen LogP contribution in [0.5, 0.6) is 0 Å². The molecule has 194 valence electrons. The Balaban J connectivity index is 1.46. The van der Waals surface area contributed by atoms with Crippen LogP contribution < -0.4 is 15.2 Å². The van der Waals surface area contributed by atoms with Crippen LogP contribution in [0, 0.1) is 11.3 Å². The zero-order valence-electron chi connectivity index (χ0n) is 22.2. The summed E-state index contributed by atoms with van der Waals surface area (Å²) >= 11 is 6.27. The molecule has 1 atom stereocenters.